The minimum absolute atomic E-state index is 0.144. The maximum absolute atomic E-state index is 11.9. The Labute approximate surface area is 117 Å². The van der Waals surface area contributed by atoms with E-state index in [9.17, 15) is 4.79 Å². The fourth-order valence-electron chi connectivity index (χ4n) is 1.22. The molecular formula is C12H12Br2N2O. The molecule has 0 heterocycles. The molecule has 0 aliphatic carbocycles. The number of nitriles is 1. The maximum Gasteiger partial charge on any atom is 0.238 e. The zero-order valence-electron chi connectivity index (χ0n) is 9.50. The first kappa shape index (κ1) is 14.2. The van der Waals surface area contributed by atoms with Crippen molar-refractivity contribution in [2.45, 2.75) is 18.7 Å². The number of alkyl halides is 1. The zero-order valence-corrected chi connectivity index (χ0v) is 12.7. The van der Waals surface area contributed by atoms with Crippen molar-refractivity contribution in [3.63, 3.8) is 0 Å². The minimum Gasteiger partial charge on any atom is -0.324 e. The summed E-state index contributed by atoms with van der Waals surface area (Å²) in [6, 6.07) is 7.20. The van der Waals surface area contributed by atoms with E-state index in [1.807, 2.05) is 19.9 Å². The van der Waals surface area contributed by atoms with Gasteiger partial charge in [0.1, 0.15) is 6.07 Å². The van der Waals surface area contributed by atoms with Gasteiger partial charge in [-0.25, -0.2) is 0 Å². The van der Waals surface area contributed by atoms with Crippen LogP contribution in [0.25, 0.3) is 0 Å². The van der Waals surface area contributed by atoms with Crippen LogP contribution in [-0.2, 0) is 4.79 Å². The number of hydrogen-bond acceptors (Lipinski definition) is 2. The van der Waals surface area contributed by atoms with Crippen molar-refractivity contribution >= 4 is 43.5 Å². The Balaban J connectivity index is 2.92. The molecule has 0 bridgehead atoms. The summed E-state index contributed by atoms with van der Waals surface area (Å²) in [6.45, 7) is 3.90. The van der Waals surface area contributed by atoms with Crippen molar-refractivity contribution < 1.29 is 4.79 Å². The van der Waals surface area contributed by atoms with Gasteiger partial charge in [0.25, 0.3) is 0 Å². The first-order chi connectivity index (χ1) is 7.95. The van der Waals surface area contributed by atoms with Gasteiger partial charge in [-0.3, -0.25) is 4.79 Å². The molecule has 0 aliphatic rings. The molecule has 17 heavy (non-hydrogen) atoms. The highest BCUT2D eigenvalue weighted by Crippen LogP contribution is 2.22. The number of amides is 1. The smallest absolute Gasteiger partial charge is 0.238 e. The van der Waals surface area contributed by atoms with Crippen molar-refractivity contribution in [3.05, 3.63) is 28.2 Å². The number of nitrogens with zero attached hydrogens (tertiary/aromatic N) is 1. The molecule has 1 unspecified atom stereocenters. The molecule has 0 aromatic heterocycles. The van der Waals surface area contributed by atoms with Gasteiger partial charge >= 0.3 is 0 Å². The third-order valence-corrected chi connectivity index (χ3v) is 4.16. The monoisotopic (exact) mass is 358 g/mol. The van der Waals surface area contributed by atoms with Gasteiger partial charge in [-0.05, 0) is 24.1 Å². The van der Waals surface area contributed by atoms with Crippen molar-refractivity contribution in [1.82, 2.24) is 0 Å². The fourth-order valence-corrected chi connectivity index (χ4v) is 1.70. The van der Waals surface area contributed by atoms with Gasteiger partial charge < -0.3 is 5.32 Å². The molecule has 0 saturated carbocycles. The summed E-state index contributed by atoms with van der Waals surface area (Å²) < 4.78 is 0.822. The van der Waals surface area contributed by atoms with Crippen molar-refractivity contribution in [2.24, 2.45) is 5.92 Å². The molecule has 1 aromatic carbocycles. The Morgan fingerprint density at radius 2 is 2.12 bits per heavy atom. The molecule has 5 heteroatoms. The Kier molecular flexibility index (Phi) is 5.16. The van der Waals surface area contributed by atoms with E-state index < -0.39 is 0 Å². The molecule has 1 N–H and O–H groups in total. The van der Waals surface area contributed by atoms with Gasteiger partial charge in [-0.1, -0.05) is 45.7 Å². The van der Waals surface area contributed by atoms with E-state index >= 15 is 0 Å². The molecule has 0 fully saturated rings. The zero-order chi connectivity index (χ0) is 13.0. The van der Waals surface area contributed by atoms with Crippen LogP contribution in [0.1, 0.15) is 19.4 Å². The summed E-state index contributed by atoms with van der Waals surface area (Å²) >= 11 is 6.63. The van der Waals surface area contributed by atoms with Gasteiger partial charge in [-0.15, -0.1) is 0 Å². The number of rotatable bonds is 3. The maximum atomic E-state index is 11.9. The first-order valence-corrected chi connectivity index (χ1v) is 6.81. The lowest BCUT2D eigenvalue weighted by atomic mass is 10.1. The molecule has 1 amide bonds. The van der Waals surface area contributed by atoms with E-state index in [-0.39, 0.29) is 16.7 Å². The third kappa shape index (κ3) is 3.83. The predicted molar refractivity (Wildman–Crippen MR) is 75.0 cm³/mol. The molecule has 1 aromatic rings. The Morgan fingerprint density at radius 1 is 1.47 bits per heavy atom. The van der Waals surface area contributed by atoms with Gasteiger partial charge in [-0.2, -0.15) is 5.26 Å². The van der Waals surface area contributed by atoms with Crippen LogP contribution in [0.5, 0.6) is 0 Å². The van der Waals surface area contributed by atoms with Crippen LogP contribution in [0.4, 0.5) is 5.69 Å². The number of halogens is 2. The quantitative estimate of drug-likeness (QED) is 0.837. The van der Waals surface area contributed by atoms with E-state index in [4.69, 9.17) is 5.26 Å². The number of benzene rings is 1. The van der Waals surface area contributed by atoms with Crippen molar-refractivity contribution in [1.29, 1.82) is 5.26 Å². The molecule has 0 spiro atoms. The molecule has 0 saturated heterocycles. The van der Waals surface area contributed by atoms with Crippen LogP contribution in [0.3, 0.4) is 0 Å². The normalized spacial score (nSPS) is 12.0. The Morgan fingerprint density at radius 3 is 2.65 bits per heavy atom. The number of nitrogens with one attached hydrogen (secondary N) is 1. The van der Waals surface area contributed by atoms with E-state index in [1.54, 1.807) is 18.2 Å². The summed E-state index contributed by atoms with van der Waals surface area (Å²) in [5, 5.41) is 11.7. The van der Waals surface area contributed by atoms with Crippen molar-refractivity contribution in [3.8, 4) is 6.07 Å². The highest BCUT2D eigenvalue weighted by molar-refractivity contribution is 9.10. The summed E-state index contributed by atoms with van der Waals surface area (Å²) in [6.07, 6.45) is 0. The third-order valence-electron chi connectivity index (χ3n) is 2.20. The second-order valence-electron chi connectivity index (χ2n) is 3.94. The molecule has 3 nitrogen and oxygen atoms in total. The summed E-state index contributed by atoms with van der Waals surface area (Å²) in [5.41, 5.74) is 0.974. The van der Waals surface area contributed by atoms with Crippen LogP contribution in [0, 0.1) is 17.2 Å². The lowest BCUT2D eigenvalue weighted by Crippen LogP contribution is -2.27. The van der Waals surface area contributed by atoms with Crippen LogP contribution >= 0.6 is 31.9 Å². The average Bonchev–Trinajstić information content (AvgIpc) is 2.28. The van der Waals surface area contributed by atoms with E-state index in [0.717, 1.165) is 4.47 Å². The largest absolute Gasteiger partial charge is 0.324 e. The summed E-state index contributed by atoms with van der Waals surface area (Å²) in [5.74, 6) is 0.0438. The topological polar surface area (TPSA) is 52.9 Å². The summed E-state index contributed by atoms with van der Waals surface area (Å²) in [4.78, 5) is 11.6. The molecule has 1 rings (SSSR count). The highest BCUT2D eigenvalue weighted by Gasteiger charge is 2.19. The van der Waals surface area contributed by atoms with Crippen LogP contribution in [-0.4, -0.2) is 10.7 Å². The first-order valence-electron chi connectivity index (χ1n) is 5.10. The lowest BCUT2D eigenvalue weighted by molar-refractivity contribution is -0.116. The second kappa shape index (κ2) is 6.18. The van der Waals surface area contributed by atoms with E-state index in [1.165, 1.54) is 0 Å². The highest BCUT2D eigenvalue weighted by atomic mass is 79.9. The number of anilines is 1. The molecule has 0 radical (unpaired) electrons. The Bertz CT molecular complexity index is 466. The molecule has 1 atom stereocenters. The van der Waals surface area contributed by atoms with Crippen LogP contribution < -0.4 is 5.32 Å². The minimum atomic E-state index is -0.270. The van der Waals surface area contributed by atoms with E-state index in [2.05, 4.69) is 37.2 Å². The molecule has 0 aliphatic heterocycles. The SMILES string of the molecule is CC(C)C(Br)C(=O)Nc1cc(Br)ccc1C#N. The standard InChI is InChI=1S/C12H12Br2N2O/c1-7(2)11(14)12(17)16-10-5-9(13)4-3-8(10)6-15/h3-5,7,11H,1-2H3,(H,16,17). The van der Waals surface area contributed by atoms with Gasteiger partial charge in [0, 0.05) is 4.47 Å². The fraction of sp³-hybridized carbons (Fsp3) is 0.333. The average molecular weight is 360 g/mol. The van der Waals surface area contributed by atoms with Crippen LogP contribution in [0.15, 0.2) is 22.7 Å². The van der Waals surface area contributed by atoms with Gasteiger partial charge in [0.15, 0.2) is 0 Å². The van der Waals surface area contributed by atoms with Gasteiger partial charge in [0.2, 0.25) is 5.91 Å². The predicted octanol–water partition coefficient (Wildman–Crippen LogP) is 3.68. The lowest BCUT2D eigenvalue weighted by Gasteiger charge is -2.14. The van der Waals surface area contributed by atoms with E-state index in [0.29, 0.717) is 11.3 Å². The number of hydrogen-bond donors (Lipinski definition) is 1. The summed E-state index contributed by atoms with van der Waals surface area (Å²) in [7, 11) is 0. The Hall–Kier alpha value is -0.860. The number of carbonyl (C=O) groups excluding carboxylic acids is 1. The van der Waals surface area contributed by atoms with Crippen LogP contribution in [0.2, 0.25) is 0 Å². The van der Waals surface area contributed by atoms with Crippen molar-refractivity contribution in [2.75, 3.05) is 5.32 Å². The number of carbonyl (C=O) groups is 1. The van der Waals surface area contributed by atoms with Gasteiger partial charge in [0.05, 0.1) is 16.1 Å². The molecule has 90 valence electrons. The molecular weight excluding hydrogens is 348 g/mol. The second-order valence-corrected chi connectivity index (χ2v) is 5.84.